The topological polar surface area (TPSA) is 41.5 Å². The molecular formula is C11H20N2O. The molecule has 3 nitrogen and oxygen atoms in total. The molecular weight excluding hydrogens is 176 g/mol. The fourth-order valence-corrected chi connectivity index (χ4v) is 0.586. The van der Waals surface area contributed by atoms with Gasteiger partial charge >= 0.3 is 0 Å². The summed E-state index contributed by atoms with van der Waals surface area (Å²) in [5.74, 6) is 0.379. The van der Waals surface area contributed by atoms with E-state index in [-0.39, 0.29) is 5.91 Å². The van der Waals surface area contributed by atoms with Gasteiger partial charge < -0.3 is 5.32 Å². The fraction of sp³-hybridized carbons (Fsp3) is 0.455. The Morgan fingerprint density at radius 1 is 1.50 bits per heavy atom. The molecule has 0 atom stereocenters. The third-order valence-corrected chi connectivity index (χ3v) is 1.14. The second kappa shape index (κ2) is 9.71. The lowest BCUT2D eigenvalue weighted by Gasteiger charge is -2.02. The molecule has 1 N–H and O–H groups in total. The van der Waals surface area contributed by atoms with Gasteiger partial charge in [0.15, 0.2) is 0 Å². The van der Waals surface area contributed by atoms with Crippen molar-refractivity contribution in [2.45, 2.75) is 34.1 Å². The first kappa shape index (κ1) is 15.1. The van der Waals surface area contributed by atoms with E-state index in [0.717, 1.165) is 5.57 Å². The minimum atomic E-state index is -0.0742. The standard InChI is InChI=1S/C9H14N2O.C2H6/c1-5-9(12)11-8(10-4)6-7(2)3;1-2/h6H,2,4-5H2,1,3H3,(H,11,12);1-2H3/b8-6+;. The van der Waals surface area contributed by atoms with Crippen LogP contribution in [0.1, 0.15) is 34.1 Å². The predicted molar refractivity (Wildman–Crippen MR) is 62.2 cm³/mol. The zero-order valence-electron chi connectivity index (χ0n) is 9.55. The molecule has 0 bridgehead atoms. The van der Waals surface area contributed by atoms with E-state index in [9.17, 15) is 4.79 Å². The summed E-state index contributed by atoms with van der Waals surface area (Å²) in [4.78, 5) is 14.5. The lowest BCUT2D eigenvalue weighted by molar-refractivity contribution is -0.120. The van der Waals surface area contributed by atoms with Gasteiger partial charge in [-0.25, -0.2) is 4.99 Å². The average molecular weight is 196 g/mol. The summed E-state index contributed by atoms with van der Waals surface area (Å²) in [6.45, 7) is 14.6. The summed E-state index contributed by atoms with van der Waals surface area (Å²) in [5, 5.41) is 2.58. The number of hydrogen-bond donors (Lipinski definition) is 1. The van der Waals surface area contributed by atoms with Gasteiger partial charge in [-0.05, 0) is 19.7 Å². The van der Waals surface area contributed by atoms with Gasteiger partial charge in [0, 0.05) is 6.42 Å². The molecule has 0 saturated carbocycles. The Labute approximate surface area is 86.6 Å². The molecule has 0 heterocycles. The first-order valence-electron chi connectivity index (χ1n) is 4.74. The SMILES string of the molecule is C=N/C(=C\C(=C)C)NC(=O)CC.CC. The fourth-order valence-electron chi connectivity index (χ4n) is 0.586. The van der Waals surface area contributed by atoms with Crippen molar-refractivity contribution in [2.75, 3.05) is 0 Å². The molecule has 0 spiro atoms. The summed E-state index contributed by atoms with van der Waals surface area (Å²) in [7, 11) is 0. The number of allylic oxidation sites excluding steroid dienone is 2. The van der Waals surface area contributed by atoms with Crippen molar-refractivity contribution in [3.63, 3.8) is 0 Å². The van der Waals surface area contributed by atoms with E-state index in [4.69, 9.17) is 0 Å². The van der Waals surface area contributed by atoms with Crippen LogP contribution in [0.2, 0.25) is 0 Å². The van der Waals surface area contributed by atoms with Gasteiger partial charge in [0.1, 0.15) is 5.82 Å². The first-order valence-corrected chi connectivity index (χ1v) is 4.74. The first-order chi connectivity index (χ1) is 6.60. The van der Waals surface area contributed by atoms with Crippen LogP contribution in [0.3, 0.4) is 0 Å². The van der Waals surface area contributed by atoms with E-state index in [2.05, 4.69) is 23.6 Å². The predicted octanol–water partition coefficient (Wildman–Crippen LogP) is 2.66. The number of amides is 1. The third-order valence-electron chi connectivity index (χ3n) is 1.14. The zero-order chi connectivity index (χ0) is 11.6. The number of nitrogens with zero attached hydrogens (tertiary/aromatic N) is 1. The van der Waals surface area contributed by atoms with E-state index in [1.807, 2.05) is 20.8 Å². The van der Waals surface area contributed by atoms with Crippen LogP contribution in [0, 0.1) is 0 Å². The molecule has 0 radical (unpaired) electrons. The van der Waals surface area contributed by atoms with Gasteiger partial charge in [-0.15, -0.1) is 0 Å². The van der Waals surface area contributed by atoms with Gasteiger partial charge in [-0.2, -0.15) is 0 Å². The second-order valence-electron chi connectivity index (χ2n) is 2.44. The van der Waals surface area contributed by atoms with Gasteiger partial charge in [-0.1, -0.05) is 32.9 Å². The summed E-state index contributed by atoms with van der Waals surface area (Å²) in [5.41, 5.74) is 0.828. The summed E-state index contributed by atoms with van der Waals surface area (Å²) >= 11 is 0. The summed E-state index contributed by atoms with van der Waals surface area (Å²) in [6, 6.07) is 0. The molecule has 3 heteroatoms. The summed E-state index contributed by atoms with van der Waals surface area (Å²) in [6.07, 6.45) is 2.10. The van der Waals surface area contributed by atoms with Crippen molar-refractivity contribution in [3.8, 4) is 0 Å². The van der Waals surface area contributed by atoms with Crippen molar-refractivity contribution in [1.29, 1.82) is 0 Å². The molecule has 0 aliphatic rings. The average Bonchev–Trinajstić information content (AvgIpc) is 2.19. The molecule has 0 aromatic heterocycles. The second-order valence-corrected chi connectivity index (χ2v) is 2.44. The van der Waals surface area contributed by atoms with Gasteiger partial charge in [0.25, 0.3) is 0 Å². The molecule has 0 rings (SSSR count). The van der Waals surface area contributed by atoms with Crippen LogP contribution < -0.4 is 5.32 Å². The highest BCUT2D eigenvalue weighted by Gasteiger charge is 1.98. The van der Waals surface area contributed by atoms with Crippen molar-refractivity contribution in [3.05, 3.63) is 24.0 Å². The molecule has 0 aliphatic heterocycles. The van der Waals surface area contributed by atoms with E-state index >= 15 is 0 Å². The molecule has 0 aliphatic carbocycles. The van der Waals surface area contributed by atoms with E-state index in [1.54, 1.807) is 13.0 Å². The summed E-state index contributed by atoms with van der Waals surface area (Å²) < 4.78 is 0. The Kier molecular flexibility index (Phi) is 10.5. The third kappa shape index (κ3) is 8.71. The van der Waals surface area contributed by atoms with E-state index < -0.39 is 0 Å². The Hall–Kier alpha value is -1.38. The van der Waals surface area contributed by atoms with Gasteiger partial charge in [0.2, 0.25) is 5.91 Å². The maximum atomic E-state index is 10.9. The quantitative estimate of drug-likeness (QED) is 0.545. The molecule has 0 aromatic rings. The molecule has 0 saturated heterocycles. The number of aliphatic imine (C=N–C) groups is 1. The van der Waals surface area contributed by atoms with Crippen molar-refractivity contribution >= 4 is 12.6 Å². The van der Waals surface area contributed by atoms with E-state index in [0.29, 0.717) is 12.2 Å². The smallest absolute Gasteiger partial charge is 0.225 e. The maximum absolute atomic E-state index is 10.9. The Morgan fingerprint density at radius 3 is 2.29 bits per heavy atom. The van der Waals surface area contributed by atoms with Crippen molar-refractivity contribution in [1.82, 2.24) is 5.32 Å². The minimum Gasteiger partial charge on any atom is -0.311 e. The molecule has 0 unspecified atom stereocenters. The molecule has 1 amide bonds. The Balaban J connectivity index is 0. The number of carbonyl (C=O) groups is 1. The molecule has 14 heavy (non-hydrogen) atoms. The van der Waals surface area contributed by atoms with Gasteiger partial charge in [0.05, 0.1) is 0 Å². The number of hydrogen-bond acceptors (Lipinski definition) is 2. The molecule has 0 fully saturated rings. The van der Waals surface area contributed by atoms with Crippen LogP contribution in [-0.4, -0.2) is 12.6 Å². The van der Waals surface area contributed by atoms with E-state index in [1.165, 1.54) is 0 Å². The minimum absolute atomic E-state index is 0.0742. The van der Waals surface area contributed by atoms with Crippen LogP contribution in [0.4, 0.5) is 0 Å². The van der Waals surface area contributed by atoms with Crippen molar-refractivity contribution in [2.24, 2.45) is 4.99 Å². The lowest BCUT2D eigenvalue weighted by Crippen LogP contribution is -2.20. The number of carbonyl (C=O) groups excluding carboxylic acids is 1. The van der Waals surface area contributed by atoms with Crippen LogP contribution in [-0.2, 0) is 4.79 Å². The van der Waals surface area contributed by atoms with Crippen LogP contribution in [0.15, 0.2) is 29.0 Å². The van der Waals surface area contributed by atoms with Gasteiger partial charge in [-0.3, -0.25) is 4.79 Å². The zero-order valence-corrected chi connectivity index (χ0v) is 9.55. The highest BCUT2D eigenvalue weighted by Crippen LogP contribution is 1.97. The highest BCUT2D eigenvalue weighted by molar-refractivity contribution is 5.77. The van der Waals surface area contributed by atoms with Crippen molar-refractivity contribution < 1.29 is 4.79 Å². The number of rotatable bonds is 4. The Morgan fingerprint density at radius 2 is 2.00 bits per heavy atom. The monoisotopic (exact) mass is 196 g/mol. The molecule has 80 valence electrons. The van der Waals surface area contributed by atoms with Crippen LogP contribution in [0.25, 0.3) is 0 Å². The highest BCUT2D eigenvalue weighted by atomic mass is 16.1. The normalized spacial score (nSPS) is 9.57. The Bertz CT molecular complexity index is 229. The number of nitrogens with one attached hydrogen (secondary N) is 1. The largest absolute Gasteiger partial charge is 0.311 e. The molecule has 0 aromatic carbocycles. The van der Waals surface area contributed by atoms with Crippen LogP contribution >= 0.6 is 0 Å². The van der Waals surface area contributed by atoms with Crippen LogP contribution in [0.5, 0.6) is 0 Å². The maximum Gasteiger partial charge on any atom is 0.225 e. The lowest BCUT2D eigenvalue weighted by atomic mass is 10.3.